The smallest absolute Gasteiger partial charge is 0.236 e. The van der Waals surface area contributed by atoms with Crippen LogP contribution in [0.25, 0.3) is 10.2 Å². The Hall–Kier alpha value is -2.66. The third kappa shape index (κ3) is 3.60. The molecule has 1 aliphatic carbocycles. The second-order valence-corrected chi connectivity index (χ2v) is 7.53. The van der Waals surface area contributed by atoms with Crippen LogP contribution in [0.4, 0.5) is 10.8 Å². The minimum Gasteiger partial charge on any atom is -0.492 e. The number of benzene rings is 2. The molecule has 4 nitrogen and oxygen atoms in total. The number of nitrogens with zero attached hydrogens (tertiary/aromatic N) is 2. The Morgan fingerprint density at radius 2 is 2.00 bits per heavy atom. The van der Waals surface area contributed by atoms with Gasteiger partial charge in [0.2, 0.25) is 5.91 Å². The lowest BCUT2D eigenvalue weighted by atomic mass is 9.93. The number of thiazole rings is 1. The van der Waals surface area contributed by atoms with Crippen molar-refractivity contribution in [3.8, 4) is 5.75 Å². The van der Waals surface area contributed by atoms with E-state index in [1.807, 2.05) is 55.5 Å². The van der Waals surface area contributed by atoms with Crippen molar-refractivity contribution in [3.05, 3.63) is 60.7 Å². The van der Waals surface area contributed by atoms with Crippen LogP contribution < -0.4 is 9.64 Å². The Kier molecular flexibility index (Phi) is 5.21. The van der Waals surface area contributed by atoms with Crippen molar-refractivity contribution in [2.24, 2.45) is 5.92 Å². The summed E-state index contributed by atoms with van der Waals surface area (Å²) >= 11 is 1.54. The van der Waals surface area contributed by atoms with E-state index in [4.69, 9.17) is 9.72 Å². The molecule has 4 rings (SSSR count). The van der Waals surface area contributed by atoms with Gasteiger partial charge in [-0.15, -0.1) is 0 Å². The molecule has 1 aromatic heterocycles. The van der Waals surface area contributed by atoms with E-state index in [1.165, 1.54) is 11.3 Å². The topological polar surface area (TPSA) is 42.4 Å². The SMILES string of the molecule is CCOc1ccccc1N(C(=O)[C@@H]1CC=CCC1)c1nc2ccccc2s1. The largest absolute Gasteiger partial charge is 0.492 e. The summed E-state index contributed by atoms with van der Waals surface area (Å²) in [5, 5.41) is 0.697. The molecule has 2 aromatic carbocycles. The van der Waals surface area contributed by atoms with Gasteiger partial charge in [0, 0.05) is 5.92 Å². The number of hydrogen-bond donors (Lipinski definition) is 0. The zero-order valence-corrected chi connectivity index (χ0v) is 16.1. The van der Waals surface area contributed by atoms with Gasteiger partial charge < -0.3 is 4.74 Å². The Morgan fingerprint density at radius 3 is 2.78 bits per heavy atom. The molecular formula is C22H22N2O2S. The maximum absolute atomic E-state index is 13.5. The number of aromatic nitrogens is 1. The first-order valence-electron chi connectivity index (χ1n) is 9.34. The molecule has 0 saturated heterocycles. The lowest BCUT2D eigenvalue weighted by Gasteiger charge is -2.27. The molecule has 5 heteroatoms. The highest BCUT2D eigenvalue weighted by atomic mass is 32.1. The second kappa shape index (κ2) is 7.92. The molecule has 0 N–H and O–H groups in total. The maximum atomic E-state index is 13.5. The first-order valence-corrected chi connectivity index (χ1v) is 10.2. The van der Waals surface area contributed by atoms with E-state index in [9.17, 15) is 4.79 Å². The van der Waals surface area contributed by atoms with Gasteiger partial charge in [-0.05, 0) is 50.5 Å². The molecule has 138 valence electrons. The van der Waals surface area contributed by atoms with E-state index in [-0.39, 0.29) is 11.8 Å². The van der Waals surface area contributed by atoms with E-state index in [0.29, 0.717) is 17.5 Å². The Labute approximate surface area is 163 Å². The summed E-state index contributed by atoms with van der Waals surface area (Å²) in [6.07, 6.45) is 6.85. The van der Waals surface area contributed by atoms with Gasteiger partial charge in [0.05, 0.1) is 22.5 Å². The highest BCUT2D eigenvalue weighted by Crippen LogP contribution is 2.40. The summed E-state index contributed by atoms with van der Waals surface area (Å²) < 4.78 is 6.89. The number of carbonyl (C=O) groups excluding carboxylic acids is 1. The average Bonchev–Trinajstić information content (AvgIpc) is 3.14. The summed E-state index contributed by atoms with van der Waals surface area (Å²) in [4.78, 5) is 20.1. The van der Waals surface area contributed by atoms with Gasteiger partial charge >= 0.3 is 0 Å². The zero-order valence-electron chi connectivity index (χ0n) is 15.3. The monoisotopic (exact) mass is 378 g/mol. The Morgan fingerprint density at radius 1 is 1.19 bits per heavy atom. The molecule has 0 unspecified atom stereocenters. The molecular weight excluding hydrogens is 356 g/mol. The van der Waals surface area contributed by atoms with Crippen LogP contribution in [0.2, 0.25) is 0 Å². The number of anilines is 2. The summed E-state index contributed by atoms with van der Waals surface area (Å²) in [5.41, 5.74) is 1.67. The Bertz CT molecular complexity index is 946. The third-order valence-electron chi connectivity index (χ3n) is 4.72. The van der Waals surface area contributed by atoms with E-state index >= 15 is 0 Å². The lowest BCUT2D eigenvalue weighted by Crippen LogP contribution is -2.33. The highest BCUT2D eigenvalue weighted by molar-refractivity contribution is 7.22. The molecule has 27 heavy (non-hydrogen) atoms. The number of ether oxygens (including phenoxy) is 1. The van der Waals surface area contributed by atoms with Crippen molar-refractivity contribution in [1.29, 1.82) is 0 Å². The molecule has 0 saturated carbocycles. The minimum absolute atomic E-state index is 0.0308. The molecule has 0 spiro atoms. The van der Waals surface area contributed by atoms with Crippen LogP contribution in [-0.4, -0.2) is 17.5 Å². The standard InChI is InChI=1S/C22H22N2O2S/c1-2-26-19-14-8-7-13-18(19)24(21(25)16-10-4-3-5-11-16)22-23-17-12-6-9-15-20(17)27-22/h3-4,6-9,12-16H,2,5,10-11H2,1H3/t16-/m1/s1. The van der Waals surface area contributed by atoms with Gasteiger partial charge in [0.25, 0.3) is 0 Å². The van der Waals surface area contributed by atoms with Gasteiger partial charge in [-0.3, -0.25) is 9.69 Å². The number of hydrogen-bond acceptors (Lipinski definition) is 4. The molecule has 0 fully saturated rings. The van der Waals surface area contributed by atoms with Crippen molar-refractivity contribution in [2.45, 2.75) is 26.2 Å². The molecule has 1 heterocycles. The van der Waals surface area contributed by atoms with Crippen LogP contribution in [0.5, 0.6) is 5.75 Å². The molecule has 0 aliphatic heterocycles. The molecule has 1 atom stereocenters. The van der Waals surface area contributed by atoms with Crippen LogP contribution in [0.1, 0.15) is 26.2 Å². The minimum atomic E-state index is -0.0308. The Balaban J connectivity index is 1.82. The van der Waals surface area contributed by atoms with Crippen molar-refractivity contribution in [3.63, 3.8) is 0 Å². The number of carbonyl (C=O) groups is 1. The quantitative estimate of drug-likeness (QED) is 0.534. The molecule has 1 amide bonds. The van der Waals surface area contributed by atoms with Gasteiger partial charge in [0.1, 0.15) is 5.75 Å². The van der Waals surface area contributed by atoms with Crippen LogP contribution in [0.3, 0.4) is 0 Å². The van der Waals surface area contributed by atoms with Crippen molar-refractivity contribution in [1.82, 2.24) is 4.98 Å². The second-order valence-electron chi connectivity index (χ2n) is 6.52. The average molecular weight is 378 g/mol. The first kappa shape index (κ1) is 17.7. The first-order chi connectivity index (χ1) is 13.3. The van der Waals surface area contributed by atoms with E-state index in [2.05, 4.69) is 12.2 Å². The number of amides is 1. The normalized spacial score (nSPS) is 16.4. The molecule has 0 radical (unpaired) electrons. The van der Waals surface area contributed by atoms with Gasteiger partial charge in [0.15, 0.2) is 5.13 Å². The third-order valence-corrected chi connectivity index (χ3v) is 5.74. The zero-order chi connectivity index (χ0) is 18.6. The molecule has 0 bridgehead atoms. The van der Waals surface area contributed by atoms with Gasteiger partial charge in [-0.25, -0.2) is 4.98 Å². The van der Waals surface area contributed by atoms with Crippen LogP contribution >= 0.6 is 11.3 Å². The fraction of sp³-hybridized carbons (Fsp3) is 0.273. The fourth-order valence-electron chi connectivity index (χ4n) is 3.39. The predicted octanol–water partition coefficient (Wildman–Crippen LogP) is 5.72. The number of allylic oxidation sites excluding steroid dienone is 2. The van der Waals surface area contributed by atoms with Crippen LogP contribution in [0.15, 0.2) is 60.7 Å². The van der Waals surface area contributed by atoms with Crippen LogP contribution in [0, 0.1) is 5.92 Å². The lowest BCUT2D eigenvalue weighted by molar-refractivity contribution is -0.121. The number of fused-ring (bicyclic) bond motifs is 1. The summed E-state index contributed by atoms with van der Waals surface area (Å²) in [7, 11) is 0. The van der Waals surface area contributed by atoms with Crippen molar-refractivity contribution < 1.29 is 9.53 Å². The molecule has 3 aromatic rings. The van der Waals surface area contributed by atoms with Gasteiger partial charge in [-0.2, -0.15) is 0 Å². The van der Waals surface area contributed by atoms with Gasteiger partial charge in [-0.1, -0.05) is 47.8 Å². The van der Waals surface area contributed by atoms with E-state index in [1.54, 1.807) is 4.90 Å². The fourth-order valence-corrected chi connectivity index (χ4v) is 4.38. The predicted molar refractivity (Wildman–Crippen MR) is 111 cm³/mol. The number of para-hydroxylation sites is 3. The highest BCUT2D eigenvalue weighted by Gasteiger charge is 2.30. The maximum Gasteiger partial charge on any atom is 0.236 e. The summed E-state index contributed by atoms with van der Waals surface area (Å²) in [6, 6.07) is 15.7. The van der Waals surface area contributed by atoms with Crippen molar-refractivity contribution >= 4 is 38.3 Å². The van der Waals surface area contributed by atoms with Crippen LogP contribution in [-0.2, 0) is 4.79 Å². The van der Waals surface area contributed by atoms with E-state index in [0.717, 1.165) is 35.2 Å². The van der Waals surface area contributed by atoms with E-state index < -0.39 is 0 Å². The number of rotatable bonds is 5. The summed E-state index contributed by atoms with van der Waals surface area (Å²) in [6.45, 7) is 2.50. The molecule has 1 aliphatic rings. The van der Waals surface area contributed by atoms with Crippen molar-refractivity contribution in [2.75, 3.05) is 11.5 Å². The summed E-state index contributed by atoms with van der Waals surface area (Å²) in [5.74, 6) is 0.765.